The molecule has 9 nitrogen and oxygen atoms in total. The molecule has 0 aliphatic carbocycles. The molecule has 0 spiro atoms. The van der Waals surface area contributed by atoms with Gasteiger partial charge in [-0.1, -0.05) is 26.0 Å². The number of rotatable bonds is 9. The molecular weight excluding hydrogens is 438 g/mol. The number of nitrogens with zero attached hydrogens (tertiary/aromatic N) is 1. The Balaban J connectivity index is 1.53. The third-order valence-electron chi connectivity index (χ3n) is 5.33. The molecule has 2 N–H and O–H groups in total. The predicted octanol–water partition coefficient (Wildman–Crippen LogP) is 3.09. The van der Waals surface area contributed by atoms with E-state index >= 15 is 0 Å². The van der Waals surface area contributed by atoms with Crippen LogP contribution in [0.1, 0.15) is 44.0 Å². The second-order valence-electron chi connectivity index (χ2n) is 8.37. The number of nitrogens with one attached hydrogen (secondary N) is 2. The molecule has 2 aromatic carbocycles. The molecular formula is C25H31N3O6. The van der Waals surface area contributed by atoms with Gasteiger partial charge >= 0.3 is 0 Å². The molecule has 0 radical (unpaired) electrons. The van der Waals surface area contributed by atoms with Crippen LogP contribution in [0.3, 0.4) is 0 Å². The third kappa shape index (κ3) is 6.18. The number of hydrogen-bond acceptors (Lipinski definition) is 6. The number of hydrazine groups is 1. The van der Waals surface area contributed by atoms with Crippen LogP contribution in [0.25, 0.3) is 0 Å². The standard InChI is InChI=1S/C25H31N3O6/c1-16(2)12-14-33-21-10-9-18(15-22(21)32-4)24(30)27-26-23(29)11-13-28-19-7-5-6-8-20(19)34-17(3)25(28)31/h5-10,15-17H,11-14H2,1-4H3,(H,26,29)(H,27,30)/t17-/m0/s1. The zero-order valence-electron chi connectivity index (χ0n) is 19.9. The quantitative estimate of drug-likeness (QED) is 0.547. The van der Waals surface area contributed by atoms with Crippen molar-refractivity contribution < 1.29 is 28.6 Å². The summed E-state index contributed by atoms with van der Waals surface area (Å²) in [4.78, 5) is 38.9. The molecule has 2 aromatic rings. The minimum atomic E-state index is -0.634. The molecule has 34 heavy (non-hydrogen) atoms. The highest BCUT2D eigenvalue weighted by atomic mass is 16.5. The number of benzene rings is 2. The molecule has 0 saturated heterocycles. The van der Waals surface area contributed by atoms with Crippen LogP contribution < -0.4 is 30.0 Å². The van der Waals surface area contributed by atoms with Crippen molar-refractivity contribution in [3.05, 3.63) is 48.0 Å². The van der Waals surface area contributed by atoms with Gasteiger partial charge in [-0.05, 0) is 49.6 Å². The summed E-state index contributed by atoms with van der Waals surface area (Å²) in [6.45, 7) is 6.59. The van der Waals surface area contributed by atoms with E-state index in [1.54, 1.807) is 43.3 Å². The van der Waals surface area contributed by atoms with Crippen molar-refractivity contribution in [1.82, 2.24) is 10.9 Å². The van der Waals surface area contributed by atoms with Gasteiger partial charge in [0.25, 0.3) is 11.8 Å². The van der Waals surface area contributed by atoms with Gasteiger partial charge in [-0.25, -0.2) is 0 Å². The van der Waals surface area contributed by atoms with E-state index < -0.39 is 17.9 Å². The summed E-state index contributed by atoms with van der Waals surface area (Å²) in [5.74, 6) is 0.932. The fourth-order valence-electron chi connectivity index (χ4n) is 3.40. The van der Waals surface area contributed by atoms with Gasteiger partial charge in [-0.2, -0.15) is 0 Å². The van der Waals surface area contributed by atoms with Crippen molar-refractivity contribution in [2.75, 3.05) is 25.2 Å². The normalized spacial score (nSPS) is 14.8. The smallest absolute Gasteiger partial charge is 0.269 e. The Morgan fingerprint density at radius 3 is 2.62 bits per heavy atom. The van der Waals surface area contributed by atoms with Crippen molar-refractivity contribution in [3.8, 4) is 17.2 Å². The second kappa shape index (κ2) is 11.4. The number of anilines is 1. The first-order valence-electron chi connectivity index (χ1n) is 11.3. The lowest BCUT2D eigenvalue weighted by molar-refractivity contribution is -0.125. The molecule has 1 atom stereocenters. The molecule has 9 heteroatoms. The van der Waals surface area contributed by atoms with Crippen LogP contribution in [0.4, 0.5) is 5.69 Å². The van der Waals surface area contributed by atoms with Crippen LogP contribution in [-0.2, 0) is 9.59 Å². The van der Waals surface area contributed by atoms with Crippen molar-refractivity contribution in [2.24, 2.45) is 5.92 Å². The van der Waals surface area contributed by atoms with Gasteiger partial charge < -0.3 is 19.1 Å². The molecule has 1 aliphatic rings. The average Bonchev–Trinajstić information content (AvgIpc) is 2.82. The topological polar surface area (TPSA) is 106 Å². The monoisotopic (exact) mass is 469 g/mol. The van der Waals surface area contributed by atoms with E-state index in [2.05, 4.69) is 24.7 Å². The lowest BCUT2D eigenvalue weighted by Gasteiger charge is -2.32. The maximum atomic E-state index is 12.5. The maximum Gasteiger partial charge on any atom is 0.269 e. The van der Waals surface area contributed by atoms with Crippen LogP contribution in [0.5, 0.6) is 17.2 Å². The number of carbonyl (C=O) groups is 3. The Hall–Kier alpha value is -3.75. The van der Waals surface area contributed by atoms with Crippen LogP contribution in [0, 0.1) is 5.92 Å². The number of para-hydroxylation sites is 2. The van der Waals surface area contributed by atoms with Crippen molar-refractivity contribution >= 4 is 23.4 Å². The van der Waals surface area contributed by atoms with Gasteiger partial charge in [0.1, 0.15) is 5.75 Å². The van der Waals surface area contributed by atoms with E-state index in [0.29, 0.717) is 41.0 Å². The fourth-order valence-corrected chi connectivity index (χ4v) is 3.40. The lowest BCUT2D eigenvalue weighted by atomic mass is 10.1. The van der Waals surface area contributed by atoms with E-state index in [-0.39, 0.29) is 18.9 Å². The van der Waals surface area contributed by atoms with E-state index in [9.17, 15) is 14.4 Å². The maximum absolute atomic E-state index is 12.5. The molecule has 0 aromatic heterocycles. The predicted molar refractivity (Wildman–Crippen MR) is 127 cm³/mol. The number of hydrogen-bond donors (Lipinski definition) is 2. The zero-order chi connectivity index (χ0) is 24.7. The number of carbonyl (C=O) groups excluding carboxylic acids is 3. The third-order valence-corrected chi connectivity index (χ3v) is 5.33. The molecule has 0 bridgehead atoms. The molecule has 3 rings (SSSR count). The van der Waals surface area contributed by atoms with Crippen molar-refractivity contribution in [1.29, 1.82) is 0 Å². The van der Waals surface area contributed by atoms with Crippen molar-refractivity contribution in [3.63, 3.8) is 0 Å². The summed E-state index contributed by atoms with van der Waals surface area (Å²) >= 11 is 0. The first-order chi connectivity index (χ1) is 16.3. The highest BCUT2D eigenvalue weighted by Gasteiger charge is 2.31. The first kappa shape index (κ1) is 24.9. The Morgan fingerprint density at radius 1 is 1.12 bits per heavy atom. The summed E-state index contributed by atoms with van der Waals surface area (Å²) in [6.07, 6.45) is 0.266. The van der Waals surface area contributed by atoms with Gasteiger partial charge in [-0.15, -0.1) is 0 Å². The molecule has 182 valence electrons. The fraction of sp³-hybridized carbons (Fsp3) is 0.400. The van der Waals surface area contributed by atoms with E-state index in [4.69, 9.17) is 14.2 Å². The lowest BCUT2D eigenvalue weighted by Crippen LogP contribution is -2.47. The zero-order valence-corrected chi connectivity index (χ0v) is 19.9. The minimum absolute atomic E-state index is 0.000968. The number of methoxy groups -OCH3 is 1. The second-order valence-corrected chi connectivity index (χ2v) is 8.37. The molecule has 0 fully saturated rings. The van der Waals surface area contributed by atoms with Gasteiger partial charge in [0, 0.05) is 18.5 Å². The SMILES string of the molecule is COc1cc(C(=O)NNC(=O)CCN2C(=O)[C@H](C)Oc3ccccc32)ccc1OCCC(C)C. The Labute approximate surface area is 199 Å². The number of fused-ring (bicyclic) bond motifs is 1. The number of amides is 3. The highest BCUT2D eigenvalue weighted by Crippen LogP contribution is 2.33. The summed E-state index contributed by atoms with van der Waals surface area (Å²) in [5, 5.41) is 0. The van der Waals surface area contributed by atoms with Crippen LogP contribution in [0.15, 0.2) is 42.5 Å². The molecule has 3 amide bonds. The number of ether oxygens (including phenoxy) is 3. The minimum Gasteiger partial charge on any atom is -0.493 e. The summed E-state index contributed by atoms with van der Waals surface area (Å²) in [5.41, 5.74) is 5.70. The molecule has 1 aliphatic heterocycles. The van der Waals surface area contributed by atoms with Gasteiger partial charge in [-0.3, -0.25) is 25.2 Å². The van der Waals surface area contributed by atoms with Gasteiger partial charge in [0.15, 0.2) is 17.6 Å². The van der Waals surface area contributed by atoms with E-state index in [1.165, 1.54) is 12.0 Å². The summed E-state index contributed by atoms with van der Waals surface area (Å²) < 4.78 is 16.7. The highest BCUT2D eigenvalue weighted by molar-refractivity contribution is 6.00. The molecule has 0 unspecified atom stereocenters. The van der Waals surface area contributed by atoms with Gasteiger partial charge in [0.05, 0.1) is 19.4 Å². The Morgan fingerprint density at radius 2 is 1.88 bits per heavy atom. The first-order valence-corrected chi connectivity index (χ1v) is 11.3. The van der Waals surface area contributed by atoms with E-state index in [0.717, 1.165) is 6.42 Å². The van der Waals surface area contributed by atoms with Crippen LogP contribution in [-0.4, -0.2) is 44.1 Å². The van der Waals surface area contributed by atoms with Crippen molar-refractivity contribution in [2.45, 2.75) is 39.7 Å². The van der Waals surface area contributed by atoms with Crippen LogP contribution >= 0.6 is 0 Å². The van der Waals surface area contributed by atoms with Crippen LogP contribution in [0.2, 0.25) is 0 Å². The average molecular weight is 470 g/mol. The summed E-state index contributed by atoms with van der Waals surface area (Å²) in [6, 6.07) is 12.0. The Kier molecular flexibility index (Phi) is 8.34. The largest absolute Gasteiger partial charge is 0.493 e. The summed E-state index contributed by atoms with van der Waals surface area (Å²) in [7, 11) is 1.50. The molecule has 1 heterocycles. The van der Waals surface area contributed by atoms with E-state index in [1.807, 2.05) is 6.07 Å². The molecule has 0 saturated carbocycles. The Bertz CT molecular complexity index is 1040. The van der Waals surface area contributed by atoms with Gasteiger partial charge in [0.2, 0.25) is 5.91 Å².